The van der Waals surface area contributed by atoms with Gasteiger partial charge in [0.05, 0.1) is 11.8 Å². The summed E-state index contributed by atoms with van der Waals surface area (Å²) in [6.07, 6.45) is 3.07. The van der Waals surface area contributed by atoms with Crippen LogP contribution in [0.25, 0.3) is 0 Å². The number of nitrogens with two attached hydrogens (primary N) is 1. The first kappa shape index (κ1) is 12.3. The zero-order valence-corrected chi connectivity index (χ0v) is 9.90. The number of aliphatic hydroxyl groups is 1. The Bertz CT molecular complexity index is 378. The Hall–Kier alpha value is -1.13. The highest BCUT2D eigenvalue weighted by atomic mass is 19.1. The summed E-state index contributed by atoms with van der Waals surface area (Å²) >= 11 is 0. The first-order valence-electron chi connectivity index (χ1n) is 6.12. The summed E-state index contributed by atoms with van der Waals surface area (Å²) in [5, 5.41) is 10.1. The average Bonchev–Trinajstić information content (AvgIpc) is 2.34. The number of hydrogen-bond acceptors (Lipinski definition) is 3. The van der Waals surface area contributed by atoms with E-state index in [9.17, 15) is 9.50 Å². The molecule has 0 spiro atoms. The van der Waals surface area contributed by atoms with Crippen molar-refractivity contribution in [2.45, 2.75) is 25.4 Å². The van der Waals surface area contributed by atoms with Gasteiger partial charge in [-0.15, -0.1) is 0 Å². The van der Waals surface area contributed by atoms with Crippen LogP contribution in [0.2, 0.25) is 0 Å². The van der Waals surface area contributed by atoms with Gasteiger partial charge in [0.25, 0.3) is 0 Å². The number of benzene rings is 1. The van der Waals surface area contributed by atoms with Crippen LogP contribution in [0.4, 0.5) is 10.1 Å². The fraction of sp³-hybridized carbons (Fsp3) is 0.538. The smallest absolute Gasteiger partial charge is 0.146 e. The van der Waals surface area contributed by atoms with Gasteiger partial charge in [-0.2, -0.15) is 0 Å². The lowest BCUT2D eigenvalue weighted by Gasteiger charge is -2.28. The fourth-order valence-electron chi connectivity index (χ4n) is 2.26. The second-order valence-electron chi connectivity index (χ2n) is 4.66. The second kappa shape index (κ2) is 5.47. The molecule has 0 radical (unpaired) electrons. The van der Waals surface area contributed by atoms with Gasteiger partial charge in [-0.05, 0) is 43.6 Å². The Kier molecular flexibility index (Phi) is 3.97. The highest BCUT2D eigenvalue weighted by Gasteiger charge is 2.16. The predicted octanol–water partition coefficient (Wildman–Crippen LogP) is 1.93. The summed E-state index contributed by atoms with van der Waals surface area (Å²) in [5.41, 5.74) is 6.28. The van der Waals surface area contributed by atoms with E-state index >= 15 is 0 Å². The van der Waals surface area contributed by atoms with E-state index in [-0.39, 0.29) is 5.69 Å². The molecule has 1 aliphatic rings. The van der Waals surface area contributed by atoms with Gasteiger partial charge in [0.15, 0.2) is 0 Å². The van der Waals surface area contributed by atoms with Gasteiger partial charge in [-0.1, -0.05) is 12.5 Å². The Morgan fingerprint density at radius 3 is 2.65 bits per heavy atom. The molecule has 0 aromatic heterocycles. The summed E-state index contributed by atoms with van der Waals surface area (Å²) in [5.74, 6) is -0.432. The first-order chi connectivity index (χ1) is 8.16. The van der Waals surface area contributed by atoms with Gasteiger partial charge in [0, 0.05) is 6.54 Å². The number of halogens is 1. The van der Waals surface area contributed by atoms with E-state index in [4.69, 9.17) is 5.73 Å². The number of nitrogens with zero attached hydrogens (tertiary/aromatic N) is 1. The molecular formula is C13H19FN2O. The van der Waals surface area contributed by atoms with Crippen LogP contribution in [0.15, 0.2) is 18.2 Å². The highest BCUT2D eigenvalue weighted by molar-refractivity contribution is 5.43. The largest absolute Gasteiger partial charge is 0.396 e. The Morgan fingerprint density at radius 1 is 1.29 bits per heavy atom. The fourth-order valence-corrected chi connectivity index (χ4v) is 2.26. The SMILES string of the molecule is Nc1cc(C(O)CN2CCCCC2)ccc1F. The van der Waals surface area contributed by atoms with E-state index in [0.29, 0.717) is 12.1 Å². The number of piperidine rings is 1. The van der Waals surface area contributed by atoms with Gasteiger partial charge in [-0.25, -0.2) is 4.39 Å². The van der Waals surface area contributed by atoms with E-state index in [1.807, 2.05) is 0 Å². The van der Waals surface area contributed by atoms with Crippen LogP contribution in [-0.2, 0) is 0 Å². The minimum absolute atomic E-state index is 0.0974. The molecular weight excluding hydrogens is 219 g/mol. The molecule has 1 unspecified atom stereocenters. The average molecular weight is 238 g/mol. The van der Waals surface area contributed by atoms with Gasteiger partial charge in [0.1, 0.15) is 5.82 Å². The third kappa shape index (κ3) is 3.17. The first-order valence-corrected chi connectivity index (χ1v) is 6.12. The number of aliphatic hydroxyl groups excluding tert-OH is 1. The minimum Gasteiger partial charge on any atom is -0.396 e. The molecule has 3 nitrogen and oxygen atoms in total. The molecule has 94 valence electrons. The summed E-state index contributed by atoms with van der Waals surface area (Å²) in [6.45, 7) is 2.67. The minimum atomic E-state index is -0.587. The molecule has 3 N–H and O–H groups in total. The summed E-state index contributed by atoms with van der Waals surface area (Å²) in [6, 6.07) is 4.42. The van der Waals surface area contributed by atoms with Gasteiger partial charge >= 0.3 is 0 Å². The number of rotatable bonds is 3. The monoisotopic (exact) mass is 238 g/mol. The molecule has 1 aromatic carbocycles. The topological polar surface area (TPSA) is 49.5 Å². The van der Waals surface area contributed by atoms with Crippen LogP contribution in [-0.4, -0.2) is 29.6 Å². The maximum absolute atomic E-state index is 13.0. The molecule has 1 heterocycles. The molecule has 1 saturated heterocycles. The highest BCUT2D eigenvalue weighted by Crippen LogP contribution is 2.20. The van der Waals surface area contributed by atoms with Crippen LogP contribution in [0.5, 0.6) is 0 Å². The van der Waals surface area contributed by atoms with Crippen molar-refractivity contribution in [3.05, 3.63) is 29.6 Å². The summed E-state index contributed by atoms with van der Waals surface area (Å²) in [4.78, 5) is 2.24. The maximum atomic E-state index is 13.0. The van der Waals surface area contributed by atoms with E-state index in [1.54, 1.807) is 6.07 Å². The molecule has 1 aliphatic heterocycles. The van der Waals surface area contributed by atoms with Gasteiger partial charge in [-0.3, -0.25) is 0 Å². The van der Waals surface area contributed by atoms with Gasteiger partial charge < -0.3 is 15.7 Å². The van der Waals surface area contributed by atoms with E-state index in [2.05, 4.69) is 4.90 Å². The van der Waals surface area contributed by atoms with Crippen molar-refractivity contribution in [1.29, 1.82) is 0 Å². The molecule has 2 rings (SSSR count). The van der Waals surface area contributed by atoms with Crippen molar-refractivity contribution in [2.75, 3.05) is 25.4 Å². The molecule has 0 bridgehead atoms. The zero-order chi connectivity index (χ0) is 12.3. The molecule has 0 aliphatic carbocycles. The number of nitrogen functional groups attached to an aromatic ring is 1. The lowest BCUT2D eigenvalue weighted by molar-refractivity contribution is 0.101. The molecule has 17 heavy (non-hydrogen) atoms. The quantitative estimate of drug-likeness (QED) is 0.791. The second-order valence-corrected chi connectivity index (χ2v) is 4.66. The standard InChI is InChI=1S/C13H19FN2O/c14-11-5-4-10(8-12(11)15)13(17)9-16-6-2-1-3-7-16/h4-5,8,13,17H,1-3,6-7,9,15H2. The van der Waals surface area contributed by atoms with Gasteiger partial charge in [0.2, 0.25) is 0 Å². The van der Waals surface area contributed by atoms with E-state index in [0.717, 1.165) is 13.1 Å². The van der Waals surface area contributed by atoms with Crippen LogP contribution < -0.4 is 5.73 Å². The number of likely N-dealkylation sites (tertiary alicyclic amines) is 1. The third-order valence-corrected chi connectivity index (χ3v) is 3.28. The van der Waals surface area contributed by atoms with Crippen molar-refractivity contribution >= 4 is 5.69 Å². The molecule has 1 atom stereocenters. The Morgan fingerprint density at radius 2 is 2.00 bits per heavy atom. The van der Waals surface area contributed by atoms with Crippen LogP contribution >= 0.6 is 0 Å². The maximum Gasteiger partial charge on any atom is 0.146 e. The Balaban J connectivity index is 1.98. The van der Waals surface area contributed by atoms with Crippen LogP contribution in [0, 0.1) is 5.82 Å². The van der Waals surface area contributed by atoms with E-state index in [1.165, 1.54) is 31.4 Å². The Labute approximate surface area is 101 Å². The summed E-state index contributed by atoms with van der Waals surface area (Å²) < 4.78 is 13.0. The van der Waals surface area contributed by atoms with Crippen molar-refractivity contribution in [1.82, 2.24) is 4.90 Å². The number of hydrogen-bond donors (Lipinski definition) is 2. The molecule has 1 fully saturated rings. The normalized spacial score (nSPS) is 19.2. The lowest BCUT2D eigenvalue weighted by Crippen LogP contribution is -2.33. The molecule has 1 aromatic rings. The molecule has 4 heteroatoms. The summed E-state index contributed by atoms with van der Waals surface area (Å²) in [7, 11) is 0. The van der Waals surface area contributed by atoms with Crippen molar-refractivity contribution in [2.24, 2.45) is 0 Å². The van der Waals surface area contributed by atoms with E-state index < -0.39 is 11.9 Å². The third-order valence-electron chi connectivity index (χ3n) is 3.28. The van der Waals surface area contributed by atoms with Crippen molar-refractivity contribution in [3.63, 3.8) is 0 Å². The lowest BCUT2D eigenvalue weighted by atomic mass is 10.1. The molecule has 0 amide bonds. The van der Waals surface area contributed by atoms with Crippen molar-refractivity contribution < 1.29 is 9.50 Å². The predicted molar refractivity (Wildman–Crippen MR) is 66.1 cm³/mol. The number of anilines is 1. The molecule has 0 saturated carbocycles. The van der Waals surface area contributed by atoms with Crippen LogP contribution in [0.1, 0.15) is 30.9 Å². The van der Waals surface area contributed by atoms with Crippen LogP contribution in [0.3, 0.4) is 0 Å². The zero-order valence-electron chi connectivity index (χ0n) is 9.90. The van der Waals surface area contributed by atoms with Crippen molar-refractivity contribution in [3.8, 4) is 0 Å². The number of β-amino-alcohol motifs (C(OH)–C–C–N with tert-alkyl or cyclic N) is 1.